The van der Waals surface area contributed by atoms with Crippen molar-refractivity contribution in [3.05, 3.63) is 132 Å². The number of aliphatic hydroxyl groups is 1. The molecule has 4 atom stereocenters. The molecule has 0 amide bonds. The fraction of sp³-hybridized carbons (Fsp3) is 0.294. The first-order valence-corrected chi connectivity index (χ1v) is 15.9. The highest BCUT2D eigenvalue weighted by atomic mass is 31.2. The molecular weight excluding hydrogens is 567 g/mol. The number of aliphatic hydroxyl groups excluding tert-OH is 1. The Balaban J connectivity index is 1.42. The van der Waals surface area contributed by atoms with E-state index in [1.54, 1.807) is 48.5 Å². The zero-order valence-corrected chi connectivity index (χ0v) is 24.7. The molecule has 9 heteroatoms. The Morgan fingerprint density at radius 3 is 1.53 bits per heavy atom. The first-order chi connectivity index (χ1) is 21.1. The number of hydrogen-bond donors (Lipinski definition) is 1. The van der Waals surface area contributed by atoms with Gasteiger partial charge in [-0.25, -0.2) is 4.57 Å². The normalized spacial score (nSPS) is 20.4. The van der Waals surface area contributed by atoms with Crippen LogP contribution in [0.3, 0.4) is 0 Å². The van der Waals surface area contributed by atoms with E-state index < -0.39 is 26.1 Å². The molecule has 4 aromatic rings. The van der Waals surface area contributed by atoms with E-state index >= 15 is 0 Å². The molecule has 0 saturated heterocycles. The molecule has 0 spiro atoms. The summed E-state index contributed by atoms with van der Waals surface area (Å²) in [5.41, 5.74) is 2.03. The predicted octanol–water partition coefficient (Wildman–Crippen LogP) is 6.98. The van der Waals surface area contributed by atoms with Crippen LogP contribution in [0.4, 0.5) is 0 Å². The number of hydrogen-bond acceptors (Lipinski definition) is 8. The van der Waals surface area contributed by atoms with Crippen molar-refractivity contribution in [2.24, 2.45) is 0 Å². The van der Waals surface area contributed by atoms with E-state index in [9.17, 15) is 9.67 Å². The molecule has 8 nitrogen and oxygen atoms in total. The van der Waals surface area contributed by atoms with Crippen molar-refractivity contribution in [2.45, 2.75) is 50.5 Å². The van der Waals surface area contributed by atoms with Crippen LogP contribution >= 0.6 is 7.82 Å². The summed E-state index contributed by atoms with van der Waals surface area (Å²) in [6, 6.07) is 37.2. The fourth-order valence-corrected chi connectivity index (χ4v) is 6.37. The van der Waals surface area contributed by atoms with Gasteiger partial charge in [0.2, 0.25) is 0 Å². The number of rotatable bonds is 15. The van der Waals surface area contributed by atoms with Gasteiger partial charge in [0, 0.05) is 12.8 Å². The van der Waals surface area contributed by atoms with Crippen LogP contribution in [0.1, 0.15) is 24.0 Å². The molecule has 226 valence electrons. The van der Waals surface area contributed by atoms with E-state index in [1.165, 1.54) is 0 Å². The minimum absolute atomic E-state index is 0.0602. The maximum atomic E-state index is 14.4. The summed E-state index contributed by atoms with van der Waals surface area (Å²) < 4.78 is 51.4. The maximum Gasteiger partial charge on any atom is 0.588 e. The van der Waals surface area contributed by atoms with E-state index in [-0.39, 0.29) is 19.3 Å². The zero-order chi connectivity index (χ0) is 29.7. The van der Waals surface area contributed by atoms with Gasteiger partial charge in [0.05, 0.1) is 44.7 Å². The van der Waals surface area contributed by atoms with Crippen LogP contribution in [0, 0.1) is 0 Å². The number of para-hydroxylation sites is 2. The molecule has 1 N–H and O–H groups in total. The molecule has 0 aromatic heterocycles. The Morgan fingerprint density at radius 1 is 0.605 bits per heavy atom. The lowest BCUT2D eigenvalue weighted by atomic mass is 9.89. The Hall–Kier alpha value is -3.49. The van der Waals surface area contributed by atoms with Crippen molar-refractivity contribution in [3.8, 4) is 11.5 Å². The van der Waals surface area contributed by atoms with Crippen molar-refractivity contribution in [2.75, 3.05) is 13.2 Å². The van der Waals surface area contributed by atoms with E-state index in [4.69, 9.17) is 27.8 Å². The maximum absolute atomic E-state index is 14.4. The molecule has 43 heavy (non-hydrogen) atoms. The van der Waals surface area contributed by atoms with Gasteiger partial charge < -0.3 is 28.4 Å². The SMILES string of the molecule is O=P(Oc1ccccc1)(Oc1ccccc1)O[C@H]1[C@H](OCCO)C[C@H](OCc2ccccc2)C[C@H]1OCc1ccccc1. The monoisotopic (exact) mass is 604 g/mol. The number of phosphoric acid groups is 1. The molecule has 0 unspecified atom stereocenters. The molecule has 0 aliphatic heterocycles. The molecular formula is C34H37O8P. The summed E-state index contributed by atoms with van der Waals surface area (Å²) in [5.74, 6) is 0.660. The Bertz CT molecular complexity index is 1350. The minimum atomic E-state index is -4.28. The number of phosphoric ester groups is 1. The molecule has 1 aliphatic rings. The third kappa shape index (κ3) is 9.50. The highest BCUT2D eigenvalue weighted by molar-refractivity contribution is 7.49. The minimum Gasteiger partial charge on any atom is -0.395 e. The van der Waals surface area contributed by atoms with Gasteiger partial charge in [0.25, 0.3) is 0 Å². The molecule has 0 heterocycles. The summed E-state index contributed by atoms with van der Waals surface area (Å²) in [6.45, 7) is 0.590. The largest absolute Gasteiger partial charge is 0.588 e. The topological polar surface area (TPSA) is 92.7 Å². The molecule has 1 saturated carbocycles. The molecule has 0 bridgehead atoms. The second-order valence-electron chi connectivity index (χ2n) is 10.2. The van der Waals surface area contributed by atoms with Crippen LogP contribution < -0.4 is 9.05 Å². The van der Waals surface area contributed by atoms with E-state index in [0.717, 1.165) is 11.1 Å². The fourth-order valence-electron chi connectivity index (χ4n) is 4.92. The van der Waals surface area contributed by atoms with Gasteiger partial charge in [-0.1, -0.05) is 97.1 Å². The Labute approximate surface area is 252 Å². The van der Waals surface area contributed by atoms with Crippen molar-refractivity contribution >= 4 is 7.82 Å². The van der Waals surface area contributed by atoms with Crippen molar-refractivity contribution < 1.29 is 37.5 Å². The average Bonchev–Trinajstić information content (AvgIpc) is 3.04. The smallest absolute Gasteiger partial charge is 0.395 e. The summed E-state index contributed by atoms with van der Waals surface area (Å²) >= 11 is 0. The van der Waals surface area contributed by atoms with Gasteiger partial charge in [0.1, 0.15) is 17.6 Å². The van der Waals surface area contributed by atoms with Gasteiger partial charge in [-0.15, -0.1) is 0 Å². The number of benzene rings is 4. The highest BCUT2D eigenvalue weighted by Crippen LogP contribution is 2.52. The van der Waals surface area contributed by atoms with Gasteiger partial charge in [-0.05, 0) is 35.4 Å². The summed E-state index contributed by atoms with van der Waals surface area (Å²) in [5, 5.41) is 9.61. The molecule has 1 aliphatic carbocycles. The molecule has 5 rings (SSSR count). The van der Waals surface area contributed by atoms with Crippen molar-refractivity contribution in [1.82, 2.24) is 0 Å². The van der Waals surface area contributed by atoms with Gasteiger partial charge in [-0.3, -0.25) is 4.52 Å². The molecule has 1 fully saturated rings. The Kier molecular flexibility index (Phi) is 11.4. The van der Waals surface area contributed by atoms with Crippen LogP contribution in [0.25, 0.3) is 0 Å². The predicted molar refractivity (Wildman–Crippen MR) is 163 cm³/mol. The standard InChI is InChI=1S/C34H37O8P/c35-21-22-37-32-23-31(38-25-27-13-5-1-6-14-27)24-33(39-26-28-15-7-2-8-16-28)34(32)42-43(36,40-29-17-9-3-10-18-29)41-30-19-11-4-12-20-30/h1-20,31-35H,21-26H2/t31-,32+,33+,34-/m0/s1. The first-order valence-electron chi connectivity index (χ1n) is 14.4. The lowest BCUT2D eigenvalue weighted by molar-refractivity contribution is -0.169. The van der Waals surface area contributed by atoms with Crippen molar-refractivity contribution in [3.63, 3.8) is 0 Å². The summed E-state index contributed by atoms with van der Waals surface area (Å²) in [4.78, 5) is 0. The number of ether oxygens (including phenoxy) is 3. The van der Waals surface area contributed by atoms with E-state index in [2.05, 4.69) is 0 Å². The quantitative estimate of drug-likeness (QED) is 0.145. The van der Waals surface area contributed by atoms with Crippen LogP contribution in [0.2, 0.25) is 0 Å². The molecule has 4 aromatic carbocycles. The van der Waals surface area contributed by atoms with E-state index in [0.29, 0.717) is 37.6 Å². The highest BCUT2D eigenvalue weighted by Gasteiger charge is 2.47. The van der Waals surface area contributed by atoms with Crippen LogP contribution in [0.5, 0.6) is 11.5 Å². The second-order valence-corrected chi connectivity index (χ2v) is 11.7. The third-order valence-electron chi connectivity index (χ3n) is 6.95. The van der Waals surface area contributed by atoms with Crippen LogP contribution in [0.15, 0.2) is 121 Å². The van der Waals surface area contributed by atoms with Gasteiger partial charge >= 0.3 is 7.82 Å². The summed E-state index contributed by atoms with van der Waals surface area (Å²) in [7, 11) is -4.28. The Morgan fingerprint density at radius 2 is 1.05 bits per heavy atom. The van der Waals surface area contributed by atoms with Crippen molar-refractivity contribution in [1.29, 1.82) is 0 Å². The van der Waals surface area contributed by atoms with E-state index in [1.807, 2.05) is 72.8 Å². The second kappa shape index (κ2) is 15.8. The zero-order valence-electron chi connectivity index (χ0n) is 23.9. The third-order valence-corrected chi connectivity index (χ3v) is 8.32. The average molecular weight is 605 g/mol. The summed E-state index contributed by atoms with van der Waals surface area (Å²) in [6.07, 6.45) is -1.43. The van der Waals surface area contributed by atoms with Crippen LogP contribution in [-0.2, 0) is 36.5 Å². The van der Waals surface area contributed by atoms with Gasteiger partial charge in [0.15, 0.2) is 0 Å². The lowest BCUT2D eigenvalue weighted by Crippen LogP contribution is -2.51. The van der Waals surface area contributed by atoms with Gasteiger partial charge in [-0.2, -0.15) is 0 Å². The molecule has 0 radical (unpaired) electrons. The lowest BCUT2D eigenvalue weighted by Gasteiger charge is -2.41. The van der Waals surface area contributed by atoms with Crippen LogP contribution in [-0.4, -0.2) is 42.7 Å². The first kappa shape index (κ1) is 31.0.